The van der Waals surface area contributed by atoms with Gasteiger partial charge in [0.1, 0.15) is 0 Å². The topological polar surface area (TPSA) is 62.3 Å². The minimum Gasteiger partial charge on any atom is -0.381 e. The van der Waals surface area contributed by atoms with Crippen molar-refractivity contribution < 1.29 is 9.47 Å². The van der Waals surface area contributed by atoms with E-state index in [2.05, 4.69) is 9.55 Å². The van der Waals surface area contributed by atoms with Gasteiger partial charge in [-0.3, -0.25) is 0 Å². The van der Waals surface area contributed by atoms with Crippen molar-refractivity contribution in [1.29, 1.82) is 0 Å². The average Bonchev–Trinajstić information content (AvgIpc) is 3.02. The summed E-state index contributed by atoms with van der Waals surface area (Å²) in [6.07, 6.45) is 7.44. The lowest BCUT2D eigenvalue weighted by atomic mass is 9.88. The van der Waals surface area contributed by atoms with Crippen LogP contribution in [0.4, 0.5) is 0 Å². The molecule has 1 aliphatic carbocycles. The molecule has 2 aliphatic rings. The van der Waals surface area contributed by atoms with Crippen molar-refractivity contribution in [3.8, 4) is 0 Å². The summed E-state index contributed by atoms with van der Waals surface area (Å²) in [6, 6.07) is 0.540. The summed E-state index contributed by atoms with van der Waals surface area (Å²) in [4.78, 5) is 4.29. The van der Waals surface area contributed by atoms with Crippen molar-refractivity contribution in [2.45, 2.75) is 44.4 Å². The molecule has 2 fully saturated rings. The highest BCUT2D eigenvalue weighted by Crippen LogP contribution is 2.37. The highest BCUT2D eigenvalue weighted by atomic mass is 16.5. The van der Waals surface area contributed by atoms with E-state index in [1.165, 1.54) is 0 Å². The normalized spacial score (nSPS) is 32.2. The molecule has 0 bridgehead atoms. The molecule has 1 aliphatic heterocycles. The third-order valence-corrected chi connectivity index (χ3v) is 4.38. The number of hydrogen-bond donors (Lipinski definition) is 1. The first-order valence-corrected chi connectivity index (χ1v) is 7.26. The van der Waals surface area contributed by atoms with Gasteiger partial charge >= 0.3 is 0 Å². The smallest absolute Gasteiger partial charge is 0.0951 e. The molecule has 106 valence electrons. The van der Waals surface area contributed by atoms with Gasteiger partial charge in [0.25, 0.3) is 0 Å². The van der Waals surface area contributed by atoms with Crippen LogP contribution < -0.4 is 5.73 Å². The van der Waals surface area contributed by atoms with Crippen molar-refractivity contribution in [2.24, 2.45) is 11.7 Å². The van der Waals surface area contributed by atoms with Gasteiger partial charge in [-0.1, -0.05) is 0 Å². The Balaban J connectivity index is 1.65. The van der Waals surface area contributed by atoms with Gasteiger partial charge in [-0.15, -0.1) is 0 Å². The van der Waals surface area contributed by atoms with E-state index in [-0.39, 0.29) is 6.04 Å². The van der Waals surface area contributed by atoms with Gasteiger partial charge in [0.15, 0.2) is 0 Å². The van der Waals surface area contributed by atoms with Gasteiger partial charge in [-0.2, -0.15) is 0 Å². The van der Waals surface area contributed by atoms with E-state index in [9.17, 15) is 0 Å². The summed E-state index contributed by atoms with van der Waals surface area (Å²) in [7, 11) is 0. The maximum Gasteiger partial charge on any atom is 0.0951 e. The first-order valence-electron chi connectivity index (χ1n) is 7.26. The molecule has 0 spiro atoms. The van der Waals surface area contributed by atoms with E-state index in [0.717, 1.165) is 44.8 Å². The Bertz CT molecular complexity index is 409. The first-order chi connectivity index (χ1) is 9.29. The Hall–Kier alpha value is -0.910. The summed E-state index contributed by atoms with van der Waals surface area (Å²) in [5.74, 6) is 0.429. The summed E-state index contributed by atoms with van der Waals surface area (Å²) in [5.41, 5.74) is 7.53. The third-order valence-electron chi connectivity index (χ3n) is 4.38. The SMILES string of the molecule is CCOC1CC(n2cncc2C(N)C2CCOC2)C1. The van der Waals surface area contributed by atoms with Gasteiger partial charge < -0.3 is 19.8 Å². The molecule has 3 rings (SSSR count). The molecule has 1 saturated heterocycles. The molecule has 1 aromatic heterocycles. The first kappa shape index (κ1) is 13.1. The van der Waals surface area contributed by atoms with Gasteiger partial charge in [0.2, 0.25) is 0 Å². The number of nitrogens with two attached hydrogens (primary N) is 1. The fourth-order valence-electron chi connectivity index (χ4n) is 3.09. The van der Waals surface area contributed by atoms with Crippen LogP contribution in [0.1, 0.15) is 44.0 Å². The Morgan fingerprint density at radius 2 is 2.42 bits per heavy atom. The molecule has 2 N–H and O–H groups in total. The van der Waals surface area contributed by atoms with Crippen LogP contribution in [0.3, 0.4) is 0 Å². The maximum atomic E-state index is 6.38. The van der Waals surface area contributed by atoms with Gasteiger partial charge in [0.05, 0.1) is 30.8 Å². The highest BCUT2D eigenvalue weighted by Gasteiger charge is 2.34. The van der Waals surface area contributed by atoms with E-state index in [4.69, 9.17) is 15.2 Å². The van der Waals surface area contributed by atoms with E-state index in [1.807, 2.05) is 19.4 Å². The van der Waals surface area contributed by atoms with Crippen LogP contribution in [0.2, 0.25) is 0 Å². The molecular formula is C14H23N3O2. The number of hydrogen-bond acceptors (Lipinski definition) is 4. The summed E-state index contributed by atoms with van der Waals surface area (Å²) in [6.45, 7) is 4.46. The van der Waals surface area contributed by atoms with E-state index in [1.54, 1.807) is 0 Å². The van der Waals surface area contributed by atoms with E-state index >= 15 is 0 Å². The average molecular weight is 265 g/mol. The molecule has 0 amide bonds. The van der Waals surface area contributed by atoms with Crippen LogP contribution in [-0.4, -0.2) is 35.5 Å². The zero-order chi connectivity index (χ0) is 13.2. The molecule has 19 heavy (non-hydrogen) atoms. The quantitative estimate of drug-likeness (QED) is 0.879. The predicted octanol–water partition coefficient (Wildman–Crippen LogP) is 1.66. The lowest BCUT2D eigenvalue weighted by Crippen LogP contribution is -2.35. The summed E-state index contributed by atoms with van der Waals surface area (Å²) < 4.78 is 13.3. The zero-order valence-corrected chi connectivity index (χ0v) is 11.5. The maximum absolute atomic E-state index is 6.38. The zero-order valence-electron chi connectivity index (χ0n) is 11.5. The largest absolute Gasteiger partial charge is 0.381 e. The molecule has 2 heterocycles. The van der Waals surface area contributed by atoms with Crippen molar-refractivity contribution in [2.75, 3.05) is 19.8 Å². The molecule has 1 saturated carbocycles. The van der Waals surface area contributed by atoms with Crippen LogP contribution in [0.5, 0.6) is 0 Å². The number of imidazole rings is 1. The van der Waals surface area contributed by atoms with Crippen LogP contribution >= 0.6 is 0 Å². The van der Waals surface area contributed by atoms with Crippen LogP contribution in [0, 0.1) is 5.92 Å². The monoisotopic (exact) mass is 265 g/mol. The van der Waals surface area contributed by atoms with Crippen LogP contribution in [-0.2, 0) is 9.47 Å². The Morgan fingerprint density at radius 1 is 1.58 bits per heavy atom. The molecule has 0 radical (unpaired) electrons. The lowest BCUT2D eigenvalue weighted by Gasteiger charge is -2.37. The minimum atomic E-state index is 0.0381. The minimum absolute atomic E-state index is 0.0381. The molecule has 1 aromatic rings. The van der Waals surface area contributed by atoms with Gasteiger partial charge in [-0.05, 0) is 26.2 Å². The van der Waals surface area contributed by atoms with E-state index < -0.39 is 0 Å². The fourth-order valence-corrected chi connectivity index (χ4v) is 3.09. The van der Waals surface area contributed by atoms with Crippen LogP contribution in [0.25, 0.3) is 0 Å². The molecule has 2 atom stereocenters. The molecule has 5 nitrogen and oxygen atoms in total. The van der Waals surface area contributed by atoms with Crippen molar-refractivity contribution in [1.82, 2.24) is 9.55 Å². The standard InChI is InChI=1S/C14H23N3O2/c1-2-19-12-5-11(6-12)17-9-16-7-13(17)14(15)10-3-4-18-8-10/h7,9-12,14H,2-6,8,15H2,1H3. The Kier molecular flexibility index (Phi) is 3.86. The Morgan fingerprint density at radius 3 is 3.11 bits per heavy atom. The Labute approximate surface area is 114 Å². The van der Waals surface area contributed by atoms with Gasteiger partial charge in [0, 0.05) is 31.4 Å². The second-order valence-corrected chi connectivity index (χ2v) is 5.58. The number of nitrogens with zero attached hydrogens (tertiary/aromatic N) is 2. The molecule has 2 unspecified atom stereocenters. The summed E-state index contributed by atoms with van der Waals surface area (Å²) >= 11 is 0. The van der Waals surface area contributed by atoms with E-state index in [0.29, 0.717) is 18.1 Å². The highest BCUT2D eigenvalue weighted by molar-refractivity contribution is 5.10. The summed E-state index contributed by atoms with van der Waals surface area (Å²) in [5, 5.41) is 0. The fraction of sp³-hybridized carbons (Fsp3) is 0.786. The number of rotatable bonds is 5. The predicted molar refractivity (Wildman–Crippen MR) is 71.8 cm³/mol. The molecular weight excluding hydrogens is 242 g/mol. The molecule has 5 heteroatoms. The second-order valence-electron chi connectivity index (χ2n) is 5.58. The van der Waals surface area contributed by atoms with Gasteiger partial charge in [-0.25, -0.2) is 4.98 Å². The second kappa shape index (κ2) is 5.61. The third kappa shape index (κ3) is 2.55. The number of aromatic nitrogens is 2. The lowest BCUT2D eigenvalue weighted by molar-refractivity contribution is -0.0206. The van der Waals surface area contributed by atoms with Crippen molar-refractivity contribution >= 4 is 0 Å². The number of ether oxygens (including phenoxy) is 2. The molecule has 0 aromatic carbocycles. The van der Waals surface area contributed by atoms with Crippen molar-refractivity contribution in [3.05, 3.63) is 18.2 Å². The van der Waals surface area contributed by atoms with Crippen LogP contribution in [0.15, 0.2) is 12.5 Å². The van der Waals surface area contributed by atoms with Crippen molar-refractivity contribution in [3.63, 3.8) is 0 Å².